The summed E-state index contributed by atoms with van der Waals surface area (Å²) >= 11 is 0. The Labute approximate surface area is 138 Å². The van der Waals surface area contributed by atoms with Gasteiger partial charge in [-0.15, -0.1) is 0 Å². The van der Waals surface area contributed by atoms with Crippen molar-refractivity contribution in [2.24, 2.45) is 0 Å². The maximum absolute atomic E-state index is 13.6. The van der Waals surface area contributed by atoms with Gasteiger partial charge in [-0.25, -0.2) is 9.18 Å². The number of hydrogen-bond acceptors (Lipinski definition) is 4. The molecule has 2 aromatic carbocycles. The maximum atomic E-state index is 13.6. The van der Waals surface area contributed by atoms with Crippen LogP contribution in [0.1, 0.15) is 5.56 Å². The monoisotopic (exact) mass is 332 g/mol. The lowest BCUT2D eigenvalue weighted by atomic mass is 10.1. The Kier molecular flexibility index (Phi) is 5.73. The number of nitrogens with one attached hydrogen (secondary N) is 2. The van der Waals surface area contributed by atoms with Gasteiger partial charge in [-0.2, -0.15) is 0 Å². The molecule has 2 amide bonds. The predicted molar refractivity (Wildman–Crippen MR) is 87.8 cm³/mol. The molecule has 6 nitrogen and oxygen atoms in total. The van der Waals surface area contributed by atoms with Gasteiger partial charge in [0.1, 0.15) is 0 Å². The summed E-state index contributed by atoms with van der Waals surface area (Å²) in [5.74, 6) is -0.706. The number of carbonyl (C=O) groups excluding carboxylic acids is 2. The summed E-state index contributed by atoms with van der Waals surface area (Å²) in [6.45, 7) is 0. The summed E-state index contributed by atoms with van der Waals surface area (Å²) in [7, 11) is 2.63. The molecule has 0 saturated heterocycles. The molecule has 0 unspecified atom stereocenters. The third kappa shape index (κ3) is 4.70. The average molecular weight is 332 g/mol. The largest absolute Gasteiger partial charge is 0.494 e. The van der Waals surface area contributed by atoms with E-state index in [0.29, 0.717) is 16.9 Å². The molecule has 0 bridgehead atoms. The van der Waals surface area contributed by atoms with Gasteiger partial charge in [-0.3, -0.25) is 10.1 Å². The van der Waals surface area contributed by atoms with Crippen LogP contribution in [0.15, 0.2) is 42.5 Å². The quantitative estimate of drug-likeness (QED) is 0.881. The van der Waals surface area contributed by atoms with E-state index in [9.17, 15) is 14.0 Å². The smallest absolute Gasteiger partial charge is 0.411 e. The molecule has 0 fully saturated rings. The lowest BCUT2D eigenvalue weighted by molar-refractivity contribution is -0.115. The Balaban J connectivity index is 2.00. The molecule has 126 valence electrons. The van der Waals surface area contributed by atoms with Crippen LogP contribution in [0.25, 0.3) is 0 Å². The number of rotatable bonds is 5. The minimum Gasteiger partial charge on any atom is -0.494 e. The molecule has 0 aliphatic heterocycles. The van der Waals surface area contributed by atoms with Crippen LogP contribution in [0.2, 0.25) is 0 Å². The number of hydrogen-bond donors (Lipinski definition) is 2. The number of methoxy groups -OCH3 is 2. The fourth-order valence-electron chi connectivity index (χ4n) is 2.05. The molecule has 0 spiro atoms. The van der Waals surface area contributed by atoms with Crippen LogP contribution in [0.3, 0.4) is 0 Å². The first kappa shape index (κ1) is 17.3. The fraction of sp³-hybridized carbons (Fsp3) is 0.176. The van der Waals surface area contributed by atoms with E-state index in [1.54, 1.807) is 30.3 Å². The van der Waals surface area contributed by atoms with E-state index in [4.69, 9.17) is 4.74 Å². The van der Waals surface area contributed by atoms with Gasteiger partial charge in [0.2, 0.25) is 5.91 Å². The molecule has 2 aromatic rings. The second kappa shape index (κ2) is 7.96. The minimum atomic E-state index is -0.604. The topological polar surface area (TPSA) is 76.7 Å². The number of halogens is 1. The lowest BCUT2D eigenvalue weighted by Gasteiger charge is -2.09. The number of carbonyl (C=O) groups is 2. The zero-order valence-corrected chi connectivity index (χ0v) is 13.3. The van der Waals surface area contributed by atoms with Crippen molar-refractivity contribution in [2.75, 3.05) is 24.9 Å². The first-order valence-electron chi connectivity index (χ1n) is 7.09. The van der Waals surface area contributed by atoms with Crippen molar-refractivity contribution in [3.8, 4) is 5.75 Å². The van der Waals surface area contributed by atoms with Gasteiger partial charge in [0.05, 0.1) is 20.6 Å². The van der Waals surface area contributed by atoms with Gasteiger partial charge in [-0.05, 0) is 35.9 Å². The van der Waals surface area contributed by atoms with E-state index in [1.807, 2.05) is 0 Å². The maximum Gasteiger partial charge on any atom is 0.411 e. The highest BCUT2D eigenvalue weighted by molar-refractivity contribution is 5.93. The van der Waals surface area contributed by atoms with Crippen molar-refractivity contribution < 1.29 is 23.5 Å². The third-order valence-electron chi connectivity index (χ3n) is 3.16. The van der Waals surface area contributed by atoms with Gasteiger partial charge >= 0.3 is 6.09 Å². The van der Waals surface area contributed by atoms with E-state index >= 15 is 0 Å². The van der Waals surface area contributed by atoms with Gasteiger partial charge in [0, 0.05) is 11.4 Å². The van der Waals surface area contributed by atoms with Crippen LogP contribution in [-0.4, -0.2) is 26.2 Å². The van der Waals surface area contributed by atoms with Gasteiger partial charge < -0.3 is 14.8 Å². The zero-order valence-electron chi connectivity index (χ0n) is 13.3. The molecule has 0 aliphatic carbocycles. The molecule has 0 aliphatic rings. The van der Waals surface area contributed by atoms with Crippen LogP contribution in [0.4, 0.5) is 20.6 Å². The summed E-state index contributed by atoms with van der Waals surface area (Å²) in [5, 5.41) is 5.18. The van der Waals surface area contributed by atoms with E-state index in [0.717, 1.165) is 0 Å². The van der Waals surface area contributed by atoms with Crippen molar-refractivity contribution in [2.45, 2.75) is 6.42 Å². The van der Waals surface area contributed by atoms with Crippen LogP contribution < -0.4 is 15.4 Å². The predicted octanol–water partition coefficient (Wildman–Crippen LogP) is 3.19. The molecular formula is C17H17FN2O4. The van der Waals surface area contributed by atoms with Crippen molar-refractivity contribution in [3.05, 3.63) is 53.8 Å². The molecule has 0 atom stereocenters. The molecule has 24 heavy (non-hydrogen) atoms. The summed E-state index contributed by atoms with van der Waals surface area (Å²) in [4.78, 5) is 23.2. The Morgan fingerprint density at radius 3 is 2.38 bits per heavy atom. The molecule has 7 heteroatoms. The van der Waals surface area contributed by atoms with Crippen LogP contribution >= 0.6 is 0 Å². The molecule has 0 heterocycles. The van der Waals surface area contributed by atoms with Crippen molar-refractivity contribution in [3.63, 3.8) is 0 Å². The number of ether oxygens (including phenoxy) is 2. The highest BCUT2D eigenvalue weighted by Gasteiger charge is 2.09. The summed E-state index contributed by atoms with van der Waals surface area (Å²) in [6, 6.07) is 10.9. The normalized spacial score (nSPS) is 9.96. The van der Waals surface area contributed by atoms with Gasteiger partial charge in [0.15, 0.2) is 11.6 Å². The van der Waals surface area contributed by atoms with E-state index in [-0.39, 0.29) is 18.1 Å². The van der Waals surface area contributed by atoms with E-state index < -0.39 is 11.9 Å². The van der Waals surface area contributed by atoms with E-state index in [2.05, 4.69) is 15.4 Å². The first-order chi connectivity index (χ1) is 11.5. The summed E-state index contributed by atoms with van der Waals surface area (Å²) in [6.07, 6.45) is -0.595. The van der Waals surface area contributed by atoms with E-state index in [1.165, 1.54) is 26.4 Å². The third-order valence-corrected chi connectivity index (χ3v) is 3.16. The molecule has 2 rings (SSSR count). The lowest BCUT2D eigenvalue weighted by Crippen LogP contribution is -2.15. The Bertz CT molecular complexity index is 749. The van der Waals surface area contributed by atoms with Crippen molar-refractivity contribution >= 4 is 23.4 Å². The van der Waals surface area contributed by atoms with Crippen LogP contribution in [0, 0.1) is 5.82 Å². The molecular weight excluding hydrogens is 315 g/mol. The Morgan fingerprint density at radius 2 is 1.75 bits per heavy atom. The number of amides is 2. The van der Waals surface area contributed by atoms with Crippen molar-refractivity contribution in [1.82, 2.24) is 0 Å². The molecule has 0 saturated carbocycles. The highest BCUT2D eigenvalue weighted by atomic mass is 19.1. The van der Waals surface area contributed by atoms with Crippen LogP contribution in [0.5, 0.6) is 5.75 Å². The standard InChI is InChI=1S/C17H17FN2O4/c1-23-15-7-6-11(8-14(15)18)9-16(21)19-12-4-3-5-13(10-12)20-17(22)24-2/h3-8,10H,9H2,1-2H3,(H,19,21)(H,20,22). The van der Waals surface area contributed by atoms with Crippen LogP contribution in [-0.2, 0) is 16.0 Å². The second-order valence-corrected chi connectivity index (χ2v) is 4.89. The van der Waals surface area contributed by atoms with Gasteiger partial charge in [-0.1, -0.05) is 12.1 Å². The summed E-state index contributed by atoms with van der Waals surface area (Å²) in [5.41, 5.74) is 1.51. The SMILES string of the molecule is COC(=O)Nc1cccc(NC(=O)Cc2ccc(OC)c(F)c2)c1. The highest BCUT2D eigenvalue weighted by Crippen LogP contribution is 2.19. The van der Waals surface area contributed by atoms with Crippen molar-refractivity contribution in [1.29, 1.82) is 0 Å². The molecule has 0 radical (unpaired) electrons. The second-order valence-electron chi connectivity index (χ2n) is 4.89. The fourth-order valence-corrected chi connectivity index (χ4v) is 2.05. The number of benzene rings is 2. The Morgan fingerprint density at radius 1 is 1.04 bits per heavy atom. The number of anilines is 2. The first-order valence-corrected chi connectivity index (χ1v) is 7.09. The minimum absolute atomic E-state index is 0.00950. The zero-order chi connectivity index (χ0) is 17.5. The molecule has 2 N–H and O–H groups in total. The Hall–Kier alpha value is -3.09. The molecule has 0 aromatic heterocycles. The van der Waals surface area contributed by atoms with Gasteiger partial charge in [0.25, 0.3) is 0 Å². The summed E-state index contributed by atoms with van der Waals surface area (Å²) < 4.78 is 23.0. The average Bonchev–Trinajstić information content (AvgIpc) is 2.55.